The molecule has 0 saturated heterocycles. The van der Waals surface area contributed by atoms with E-state index in [1.807, 2.05) is 185 Å². The van der Waals surface area contributed by atoms with E-state index in [-0.39, 0.29) is 56.0 Å². The molecule has 4 aliphatic carbocycles. The average molecular weight is 2160 g/mol. The van der Waals surface area contributed by atoms with Gasteiger partial charge in [-0.25, -0.2) is 38.3 Å². The summed E-state index contributed by atoms with van der Waals surface area (Å²) in [5.41, 5.74) is 18.0. The first-order valence-electron chi connectivity index (χ1n) is 45.3. The summed E-state index contributed by atoms with van der Waals surface area (Å²) in [4.78, 5) is 10.5. The SMILES string of the molecule is Cc1ccc(S(=O)(=O)N2C([C]3[C-][CH][CH][CH]3)=N[C@H](c3ccccc3)[C@@H]2c2ccccc2)cc1.Cc1ccc(S(=O)(=O)N2C([C]3[C-][CH][CH][CH]3)=N[C@H](c3ccccc3)[C@@H]2c2ccccc2)cc1.[Cl][Pd+].[Cl][Pd+].[Fe+2].[Fe+2].c1ccc([C]2[C](c3ccccc3)[C](c3ccccc3)[C](c3ccccc3)[C]2c2ccccc2)cc1.c1ccc([C]2[C](c3ccccc3)[C](c3ccccc3)[C](c3ccccc3)[C]2c2ccccc2)cc1. The number of hydrogen-bond acceptors (Lipinski definition) is 6. The van der Waals surface area contributed by atoms with Gasteiger partial charge in [0.25, 0.3) is 20.0 Å². The van der Waals surface area contributed by atoms with Gasteiger partial charge in [0, 0.05) is 59.2 Å². The maximum absolute atomic E-state index is 14.0. The van der Waals surface area contributed by atoms with E-state index in [1.54, 1.807) is 37.1 Å². The molecule has 140 heavy (non-hydrogen) atoms. The maximum Gasteiger partial charge on any atom is 2.00 e. The number of aliphatic imine (C=N–C) groups is 2. The van der Waals surface area contributed by atoms with Crippen LogP contribution in [0.3, 0.4) is 0 Å². The van der Waals surface area contributed by atoms with Crippen molar-refractivity contribution >= 4 is 50.8 Å². The summed E-state index contributed by atoms with van der Waals surface area (Å²) >= 11 is 4.44. The number of sulfonamides is 2. The van der Waals surface area contributed by atoms with Gasteiger partial charge in [-0.1, -0.05) is 486 Å². The molecule has 4 atom stereocenters. The fraction of sp³-hybridized carbons (Fsp3) is 0.0484. The molecule has 20 radical (unpaired) electrons. The average Bonchev–Trinajstić information content (AvgIpc) is 1.54. The molecule has 22 rings (SSSR count). The van der Waals surface area contributed by atoms with Crippen molar-refractivity contribution in [3.63, 3.8) is 0 Å². The van der Waals surface area contributed by atoms with Crippen molar-refractivity contribution in [1.82, 2.24) is 8.61 Å². The molecule has 2 heterocycles. The second-order valence-electron chi connectivity index (χ2n) is 33.1. The van der Waals surface area contributed by atoms with Crippen LogP contribution in [0, 0.1) is 136 Å². The van der Waals surface area contributed by atoms with E-state index in [4.69, 9.17) is 9.98 Å². The van der Waals surface area contributed by atoms with E-state index in [2.05, 4.69) is 372 Å². The molecule has 0 spiro atoms. The molecule has 6 aliphatic rings. The predicted molar refractivity (Wildman–Crippen MR) is 550 cm³/mol. The van der Waals surface area contributed by atoms with Crippen molar-refractivity contribution in [2.75, 3.05) is 0 Å². The Balaban J connectivity index is 0.000000139. The number of halogens is 2. The molecule has 16 aromatic carbocycles. The van der Waals surface area contributed by atoms with Gasteiger partial charge in [0.15, 0.2) is 0 Å². The number of hydrogen-bond donors (Lipinski definition) is 0. The second kappa shape index (κ2) is 50.3. The summed E-state index contributed by atoms with van der Waals surface area (Å²) in [6.45, 7) is 3.88. The summed E-state index contributed by atoms with van der Waals surface area (Å²) in [6.07, 6.45) is 17.3. The smallest absolute Gasteiger partial charge is 0.0622 e. The molecule has 16 aromatic rings. The Hall–Kier alpha value is -10.7. The number of benzene rings is 16. The quantitative estimate of drug-likeness (QED) is 0.0560. The molecule has 2 aliphatic heterocycles. The minimum Gasteiger partial charge on any atom is -0.0622 e. The van der Waals surface area contributed by atoms with Gasteiger partial charge < -0.3 is 12.8 Å². The molecule has 16 heteroatoms. The van der Waals surface area contributed by atoms with Gasteiger partial charge in [-0.05, 0) is 116 Å². The van der Waals surface area contributed by atoms with Crippen LogP contribution in [-0.2, 0) is 90.5 Å². The summed E-state index contributed by atoms with van der Waals surface area (Å²) < 4.78 is 59.1. The van der Waals surface area contributed by atoms with E-state index in [9.17, 15) is 16.8 Å². The van der Waals surface area contributed by atoms with Crippen LogP contribution in [0.25, 0.3) is 0 Å². The molecule has 0 unspecified atom stereocenters. The van der Waals surface area contributed by atoms with Gasteiger partial charge in [-0.3, -0.25) is 9.98 Å². The van der Waals surface area contributed by atoms with Gasteiger partial charge in [-0.2, -0.15) is 0 Å². The fourth-order valence-electron chi connectivity index (χ4n) is 18.5. The van der Waals surface area contributed by atoms with Gasteiger partial charge in [0.2, 0.25) is 0 Å². The molecule has 4 fully saturated rings. The monoisotopic (exact) mass is 2160 g/mol. The third kappa shape index (κ3) is 23.3. The van der Waals surface area contributed by atoms with Crippen molar-refractivity contribution in [2.45, 2.75) is 47.8 Å². The maximum atomic E-state index is 14.0. The van der Waals surface area contributed by atoms with E-state index >= 15 is 0 Å². The first-order chi connectivity index (χ1) is 67.9. The molecule has 692 valence electrons. The Labute approximate surface area is 880 Å². The minimum atomic E-state index is -3.89. The van der Waals surface area contributed by atoms with Crippen molar-refractivity contribution in [2.24, 2.45) is 9.98 Å². The van der Waals surface area contributed by atoms with Crippen LogP contribution in [0.2, 0.25) is 0 Å². The molecule has 0 aromatic heterocycles. The second-order valence-corrected chi connectivity index (χ2v) is 36.8. The van der Waals surface area contributed by atoms with Gasteiger partial charge in [0.05, 0.1) is 33.5 Å². The van der Waals surface area contributed by atoms with Crippen LogP contribution < -0.4 is 0 Å². The summed E-state index contributed by atoms with van der Waals surface area (Å²) in [5, 5.41) is 0. The Morgan fingerprint density at radius 2 is 0.400 bits per heavy atom. The van der Waals surface area contributed by atoms with Crippen molar-refractivity contribution < 1.29 is 87.3 Å². The number of aryl methyl sites for hydroxylation is 2. The van der Waals surface area contributed by atoms with E-state index in [1.165, 1.54) is 123 Å². The molecule has 8 nitrogen and oxygen atoms in total. The minimum absolute atomic E-state index is 0. The summed E-state index contributed by atoms with van der Waals surface area (Å²) in [6, 6.07) is 160. The number of nitrogens with zero attached hydrogens (tertiary/aromatic N) is 4. The van der Waals surface area contributed by atoms with Gasteiger partial charge in [-0.15, -0.1) is 11.8 Å². The topological polar surface area (TPSA) is 99.5 Å². The fourth-order valence-corrected chi connectivity index (χ4v) is 21.7. The van der Waals surface area contributed by atoms with Crippen LogP contribution in [0.15, 0.2) is 493 Å². The van der Waals surface area contributed by atoms with E-state index in [0.717, 1.165) is 33.4 Å². The van der Waals surface area contributed by atoms with Crippen LogP contribution in [0.5, 0.6) is 0 Å². The normalized spacial score (nSPS) is 18.0. The Bertz CT molecular complexity index is 5830. The van der Waals surface area contributed by atoms with Crippen molar-refractivity contribution in [3.05, 3.63) is 685 Å². The summed E-state index contributed by atoms with van der Waals surface area (Å²) in [7, 11) is 1.21. The van der Waals surface area contributed by atoms with Crippen LogP contribution in [0.1, 0.15) is 113 Å². The third-order valence-corrected chi connectivity index (χ3v) is 28.1. The van der Waals surface area contributed by atoms with Crippen molar-refractivity contribution in [3.8, 4) is 0 Å². The Morgan fingerprint density at radius 3 is 0.564 bits per heavy atom. The molecular weight excluding hydrogens is 2070 g/mol. The molecular formula is C124H94Cl2Fe2N4O4Pd2S2+4. The predicted octanol–water partition coefficient (Wildman–Crippen LogP) is 27.9. The van der Waals surface area contributed by atoms with Gasteiger partial charge in [0.1, 0.15) is 12.1 Å². The first kappa shape index (κ1) is 104. The molecule has 0 N–H and O–H groups in total. The molecule has 0 amide bonds. The van der Waals surface area contributed by atoms with Crippen molar-refractivity contribution in [1.29, 1.82) is 0 Å². The van der Waals surface area contributed by atoms with Crippen LogP contribution in [0.4, 0.5) is 0 Å². The standard InChI is InChI=1S/2C35H25.2C27H22N2O2S.2ClH.2Fe.2Pd/c2*1-6-16-26(17-7-1)31-32(27-18-8-2-9-19-27)34(29-22-12-4-13-23-29)35(30-24-14-5-15-25-30)33(31)28-20-10-3-11-21-28;2*1-20-16-18-24(19-17-20)32(30,31)29-26(22-12-6-3-7-13-22)25(21-10-4-2-5-11-21)28-27(29)23-14-8-9-15-23;;;;;;/h2*1-25H;2*2-14,16-19,25-26H,1H3;2*1H;;;;/q;;2*-1;;;4*+2/p-2/t;;2*25-,26+;;;;;;/m..11....../s1. The Morgan fingerprint density at radius 1 is 0.236 bits per heavy atom. The zero-order chi connectivity index (χ0) is 95.2. The molecule has 4 saturated carbocycles. The molecule has 0 bridgehead atoms. The van der Waals surface area contributed by atoms with Crippen LogP contribution >= 0.6 is 19.1 Å². The van der Waals surface area contributed by atoms with E-state index < -0.39 is 32.1 Å². The van der Waals surface area contributed by atoms with E-state index in [0.29, 0.717) is 23.5 Å². The number of rotatable bonds is 20. The van der Waals surface area contributed by atoms with Crippen LogP contribution in [-0.4, -0.2) is 37.1 Å². The number of amidine groups is 2. The first-order valence-corrected chi connectivity index (χ1v) is 52.2. The largest absolute Gasteiger partial charge is 2.00 e. The third-order valence-electron chi connectivity index (χ3n) is 24.6. The zero-order valence-corrected chi connectivity index (χ0v) is 84.6. The Kier molecular flexibility index (Phi) is 37.2. The van der Waals surface area contributed by atoms with Gasteiger partial charge >= 0.3 is 89.6 Å². The summed E-state index contributed by atoms with van der Waals surface area (Å²) in [5.74, 6) is 14.9. The zero-order valence-electron chi connectivity index (χ0n) is 76.1.